The fourth-order valence-corrected chi connectivity index (χ4v) is 3.75. The van der Waals surface area contributed by atoms with E-state index in [9.17, 15) is 4.79 Å². The Balaban J connectivity index is 1.65. The van der Waals surface area contributed by atoms with E-state index in [-0.39, 0.29) is 11.2 Å². The van der Waals surface area contributed by atoms with Crippen LogP contribution in [0.15, 0.2) is 60.8 Å². The molecule has 24 heavy (non-hydrogen) atoms. The highest BCUT2D eigenvalue weighted by atomic mass is 32.2. The predicted molar refractivity (Wildman–Crippen MR) is 94.5 cm³/mol. The minimum atomic E-state index is -0.0234. The molecule has 0 unspecified atom stereocenters. The van der Waals surface area contributed by atoms with Crippen LogP contribution < -0.4 is 10.1 Å². The van der Waals surface area contributed by atoms with Crippen LogP contribution in [0.3, 0.4) is 0 Å². The largest absolute Gasteiger partial charge is 0.457 e. The Kier molecular flexibility index (Phi) is 3.96. The van der Waals surface area contributed by atoms with Gasteiger partial charge in [-0.15, -0.1) is 11.8 Å². The average Bonchev–Trinajstić information content (AvgIpc) is 2.98. The maximum absolute atomic E-state index is 11.8. The summed E-state index contributed by atoms with van der Waals surface area (Å²) >= 11 is 1.58. The van der Waals surface area contributed by atoms with Crippen molar-refractivity contribution in [2.45, 2.75) is 5.25 Å². The average molecular weight is 337 g/mol. The van der Waals surface area contributed by atoms with Crippen molar-refractivity contribution in [3.8, 4) is 11.5 Å². The van der Waals surface area contributed by atoms with Crippen LogP contribution in [-0.4, -0.2) is 21.9 Å². The third kappa shape index (κ3) is 3.00. The van der Waals surface area contributed by atoms with Gasteiger partial charge >= 0.3 is 0 Å². The lowest BCUT2D eigenvalue weighted by atomic mass is 10.1. The Morgan fingerprint density at radius 1 is 1.08 bits per heavy atom. The second kappa shape index (κ2) is 6.41. The lowest BCUT2D eigenvalue weighted by Gasteiger charge is -2.15. The third-order valence-corrected chi connectivity index (χ3v) is 5.02. The molecule has 3 aromatic rings. The minimum Gasteiger partial charge on any atom is -0.457 e. The number of thioether (sulfide) groups is 1. The van der Waals surface area contributed by atoms with Gasteiger partial charge in [0.15, 0.2) is 0 Å². The number of anilines is 1. The fourth-order valence-electron chi connectivity index (χ4n) is 2.66. The zero-order valence-electron chi connectivity index (χ0n) is 12.7. The zero-order chi connectivity index (χ0) is 16.4. The molecule has 0 saturated heterocycles. The van der Waals surface area contributed by atoms with E-state index in [0.717, 1.165) is 22.6 Å². The van der Waals surface area contributed by atoms with Crippen LogP contribution in [0.5, 0.6) is 11.5 Å². The van der Waals surface area contributed by atoms with Crippen molar-refractivity contribution < 1.29 is 9.53 Å². The van der Waals surface area contributed by atoms with Gasteiger partial charge in [0.05, 0.1) is 17.2 Å². The van der Waals surface area contributed by atoms with Gasteiger partial charge in [-0.25, -0.2) is 0 Å². The SMILES string of the molecule is O=C1CS[C@H](c2cccc(Oc3ccccc3)c2)c2cn[nH]c2N1. The Morgan fingerprint density at radius 3 is 2.79 bits per heavy atom. The number of nitrogens with zero attached hydrogens (tertiary/aromatic N) is 1. The molecule has 2 N–H and O–H groups in total. The van der Waals surface area contributed by atoms with Gasteiger partial charge in [0.25, 0.3) is 0 Å². The number of hydrogen-bond donors (Lipinski definition) is 2. The van der Waals surface area contributed by atoms with Crippen LogP contribution >= 0.6 is 11.8 Å². The normalized spacial score (nSPS) is 16.8. The van der Waals surface area contributed by atoms with Crippen molar-refractivity contribution in [3.63, 3.8) is 0 Å². The van der Waals surface area contributed by atoms with Gasteiger partial charge in [-0.2, -0.15) is 5.10 Å². The maximum Gasteiger partial charge on any atom is 0.235 e. The van der Waals surface area contributed by atoms with Crippen molar-refractivity contribution in [2.75, 3.05) is 11.1 Å². The zero-order valence-corrected chi connectivity index (χ0v) is 13.5. The number of amides is 1. The molecule has 1 aliphatic rings. The molecule has 0 radical (unpaired) electrons. The Labute approximate surface area is 143 Å². The van der Waals surface area contributed by atoms with Gasteiger partial charge in [0, 0.05) is 5.56 Å². The highest BCUT2D eigenvalue weighted by molar-refractivity contribution is 8.00. The molecular formula is C18H15N3O2S. The van der Waals surface area contributed by atoms with Gasteiger partial charge in [0.1, 0.15) is 17.3 Å². The number of rotatable bonds is 3. The van der Waals surface area contributed by atoms with Crippen molar-refractivity contribution >= 4 is 23.5 Å². The summed E-state index contributed by atoms with van der Waals surface area (Å²) in [6, 6.07) is 17.6. The first-order chi connectivity index (χ1) is 11.8. The number of carbonyl (C=O) groups is 1. The number of fused-ring (bicyclic) bond motifs is 1. The Morgan fingerprint density at radius 2 is 1.92 bits per heavy atom. The molecule has 5 nitrogen and oxygen atoms in total. The standard InChI is InChI=1S/C18H15N3O2S/c22-16-11-24-17(15-10-19-21-18(15)20-16)12-5-4-8-14(9-12)23-13-6-2-1-3-7-13/h1-10,17H,11H2,(H2,19,20,21,22)/t17-/m1/s1. The van der Waals surface area contributed by atoms with E-state index in [1.54, 1.807) is 18.0 Å². The Hall–Kier alpha value is -2.73. The van der Waals surface area contributed by atoms with E-state index in [1.807, 2.05) is 54.6 Å². The topological polar surface area (TPSA) is 67.0 Å². The van der Waals surface area contributed by atoms with E-state index < -0.39 is 0 Å². The quantitative estimate of drug-likeness (QED) is 0.759. The van der Waals surface area contributed by atoms with Crippen molar-refractivity contribution in [2.24, 2.45) is 0 Å². The molecule has 1 aromatic heterocycles. The molecule has 0 spiro atoms. The molecule has 1 atom stereocenters. The molecule has 0 aliphatic carbocycles. The van der Waals surface area contributed by atoms with E-state index in [2.05, 4.69) is 15.5 Å². The molecule has 2 aromatic carbocycles. The highest BCUT2D eigenvalue weighted by Crippen LogP contribution is 2.41. The number of hydrogen-bond acceptors (Lipinski definition) is 4. The monoisotopic (exact) mass is 337 g/mol. The first-order valence-corrected chi connectivity index (χ1v) is 8.62. The number of benzene rings is 2. The highest BCUT2D eigenvalue weighted by Gasteiger charge is 2.25. The van der Waals surface area contributed by atoms with Crippen LogP contribution in [-0.2, 0) is 4.79 Å². The van der Waals surface area contributed by atoms with E-state index in [1.165, 1.54) is 0 Å². The van der Waals surface area contributed by atoms with Crippen molar-refractivity contribution in [1.82, 2.24) is 10.2 Å². The number of carbonyl (C=O) groups excluding carboxylic acids is 1. The second-order valence-corrected chi connectivity index (χ2v) is 6.52. The lowest BCUT2D eigenvalue weighted by molar-refractivity contribution is -0.113. The molecule has 0 fully saturated rings. The number of aromatic amines is 1. The molecule has 2 heterocycles. The molecule has 4 rings (SSSR count). The maximum atomic E-state index is 11.8. The summed E-state index contributed by atoms with van der Waals surface area (Å²) in [5.41, 5.74) is 2.05. The molecule has 1 amide bonds. The summed E-state index contributed by atoms with van der Waals surface area (Å²) in [5, 5.41) is 9.79. The molecule has 1 aliphatic heterocycles. The van der Waals surface area contributed by atoms with E-state index in [4.69, 9.17) is 4.74 Å². The molecule has 0 saturated carbocycles. The van der Waals surface area contributed by atoms with Gasteiger partial charge in [-0.3, -0.25) is 9.89 Å². The number of nitrogens with one attached hydrogen (secondary N) is 2. The second-order valence-electron chi connectivity index (χ2n) is 5.43. The van der Waals surface area contributed by atoms with Gasteiger partial charge in [0.2, 0.25) is 5.91 Å². The van der Waals surface area contributed by atoms with E-state index >= 15 is 0 Å². The fraction of sp³-hybridized carbons (Fsp3) is 0.111. The summed E-state index contributed by atoms with van der Waals surface area (Å²) < 4.78 is 5.92. The van der Waals surface area contributed by atoms with Crippen molar-refractivity contribution in [1.29, 1.82) is 0 Å². The van der Waals surface area contributed by atoms with Crippen LogP contribution in [0.1, 0.15) is 16.4 Å². The molecule has 6 heteroatoms. The number of ether oxygens (including phenoxy) is 1. The smallest absolute Gasteiger partial charge is 0.235 e. The molecule has 120 valence electrons. The van der Waals surface area contributed by atoms with Gasteiger partial charge < -0.3 is 10.1 Å². The third-order valence-electron chi connectivity index (χ3n) is 3.74. The van der Waals surface area contributed by atoms with E-state index in [0.29, 0.717) is 11.6 Å². The number of H-pyrrole nitrogens is 1. The predicted octanol–water partition coefficient (Wildman–Crippen LogP) is 3.98. The summed E-state index contributed by atoms with van der Waals surface area (Å²) in [6.45, 7) is 0. The Bertz CT molecular complexity index is 863. The summed E-state index contributed by atoms with van der Waals surface area (Å²) in [5.74, 6) is 2.61. The summed E-state index contributed by atoms with van der Waals surface area (Å²) in [6.07, 6.45) is 1.77. The summed E-state index contributed by atoms with van der Waals surface area (Å²) in [4.78, 5) is 11.8. The van der Waals surface area contributed by atoms with Crippen molar-refractivity contribution in [3.05, 3.63) is 71.9 Å². The van der Waals surface area contributed by atoms with Gasteiger partial charge in [-0.05, 0) is 29.8 Å². The minimum absolute atomic E-state index is 0.0234. The number of para-hydroxylation sites is 1. The lowest BCUT2D eigenvalue weighted by Crippen LogP contribution is -2.12. The molecular weight excluding hydrogens is 322 g/mol. The van der Waals surface area contributed by atoms with Crippen LogP contribution in [0.4, 0.5) is 5.82 Å². The van der Waals surface area contributed by atoms with Crippen LogP contribution in [0, 0.1) is 0 Å². The van der Waals surface area contributed by atoms with Crippen LogP contribution in [0.2, 0.25) is 0 Å². The summed E-state index contributed by atoms with van der Waals surface area (Å²) in [7, 11) is 0. The molecule has 0 bridgehead atoms. The van der Waals surface area contributed by atoms with Crippen LogP contribution in [0.25, 0.3) is 0 Å². The van der Waals surface area contributed by atoms with Gasteiger partial charge in [-0.1, -0.05) is 30.3 Å². The first-order valence-electron chi connectivity index (χ1n) is 7.57. The first kappa shape index (κ1) is 14.8. The number of aromatic nitrogens is 2.